The van der Waals surface area contributed by atoms with Gasteiger partial charge >= 0.3 is 0 Å². The molecule has 1 rings (SSSR count). The van der Waals surface area contributed by atoms with Crippen molar-refractivity contribution in [1.82, 2.24) is 0 Å². The summed E-state index contributed by atoms with van der Waals surface area (Å²) in [5.41, 5.74) is 0.696. The van der Waals surface area contributed by atoms with E-state index in [1.807, 2.05) is 45.1 Å². The van der Waals surface area contributed by atoms with Crippen molar-refractivity contribution in [2.45, 2.75) is 20.8 Å². The molecule has 0 aromatic heterocycles. The lowest BCUT2D eigenvalue weighted by Crippen LogP contribution is -2.48. The lowest BCUT2D eigenvalue weighted by atomic mass is 10.1. The Labute approximate surface area is 90.0 Å². The maximum atomic E-state index is 9.04. The van der Waals surface area contributed by atoms with E-state index >= 15 is 0 Å². The number of hydrogen-bond acceptors (Lipinski definition) is 1. The van der Waals surface area contributed by atoms with Gasteiger partial charge < -0.3 is 0 Å². The van der Waals surface area contributed by atoms with Gasteiger partial charge in [-0.25, -0.2) is 0 Å². The summed E-state index contributed by atoms with van der Waals surface area (Å²) >= 11 is 0. The summed E-state index contributed by atoms with van der Waals surface area (Å²) in [7, 11) is 0. The zero-order valence-electron chi connectivity index (χ0n) is 9.46. The molecule has 0 unspecified atom stereocenters. The minimum atomic E-state index is 0.696. The van der Waals surface area contributed by atoms with Gasteiger partial charge in [0.05, 0.1) is 11.6 Å². The lowest BCUT2D eigenvalue weighted by molar-refractivity contribution is 1.34. The summed E-state index contributed by atoms with van der Waals surface area (Å²) in [6.45, 7) is 9.89. The molecule has 0 N–H and O–H groups in total. The van der Waals surface area contributed by atoms with Crippen LogP contribution in [0.4, 0.5) is 0 Å². The monoisotopic (exact) mass is 197 g/mol. The zero-order chi connectivity index (χ0) is 11.4. The van der Waals surface area contributed by atoms with Crippen LogP contribution in [0.25, 0.3) is 24.8 Å². The van der Waals surface area contributed by atoms with Crippen molar-refractivity contribution in [3.63, 3.8) is 0 Å². The third-order valence-corrected chi connectivity index (χ3v) is 2.52. The molecule has 0 amide bonds. The Bertz CT molecular complexity index is 628. The molecule has 0 bridgehead atoms. The molecule has 0 atom stereocenters. The fourth-order valence-corrected chi connectivity index (χ4v) is 1.85. The Balaban J connectivity index is 4.19. The van der Waals surface area contributed by atoms with Gasteiger partial charge in [-0.3, -0.25) is 0 Å². The van der Waals surface area contributed by atoms with E-state index < -0.39 is 0 Å². The van der Waals surface area contributed by atoms with Crippen molar-refractivity contribution in [1.29, 1.82) is 5.26 Å². The Morgan fingerprint density at radius 3 is 2.00 bits per heavy atom. The predicted octanol–water partition coefficient (Wildman–Crippen LogP) is 0.370. The second kappa shape index (κ2) is 4.61. The van der Waals surface area contributed by atoms with Crippen LogP contribution in [0.5, 0.6) is 0 Å². The van der Waals surface area contributed by atoms with E-state index in [1.165, 1.54) is 0 Å². The third kappa shape index (κ3) is 1.85. The molecule has 0 heterocycles. The molecule has 76 valence electrons. The maximum Gasteiger partial charge on any atom is 0.0998 e. The van der Waals surface area contributed by atoms with Gasteiger partial charge in [0.15, 0.2) is 0 Å². The van der Waals surface area contributed by atoms with Crippen LogP contribution in [0.15, 0.2) is 6.07 Å². The molecule has 0 aliphatic rings. The molecular formula is C14H15N. The van der Waals surface area contributed by atoms with Crippen molar-refractivity contribution >= 4 is 24.8 Å². The van der Waals surface area contributed by atoms with Crippen molar-refractivity contribution in [2.75, 3.05) is 0 Å². The molecule has 0 fully saturated rings. The van der Waals surface area contributed by atoms with Gasteiger partial charge in [-0.15, -0.1) is 0 Å². The first-order chi connectivity index (χ1) is 7.19. The van der Waals surface area contributed by atoms with Gasteiger partial charge in [0.25, 0.3) is 0 Å². The number of benzene rings is 1. The van der Waals surface area contributed by atoms with Crippen LogP contribution in [0.3, 0.4) is 0 Å². The molecule has 1 heteroatoms. The standard InChI is InChI=1S/C14H15N/c1-5-12-10(4)8-11(9-15)13(6-2)14(12)7-3/h5-8H,4H2,1-3H3/b12-5?,13-6-,14-7-. The van der Waals surface area contributed by atoms with Crippen LogP contribution in [-0.4, -0.2) is 0 Å². The fourth-order valence-electron chi connectivity index (χ4n) is 1.85. The van der Waals surface area contributed by atoms with Crippen molar-refractivity contribution in [3.8, 4) is 6.07 Å². The van der Waals surface area contributed by atoms with Gasteiger partial charge in [-0.05, 0) is 47.7 Å². The van der Waals surface area contributed by atoms with Crippen molar-refractivity contribution < 1.29 is 0 Å². The lowest BCUT2D eigenvalue weighted by Gasteiger charge is -1.97. The Morgan fingerprint density at radius 2 is 1.60 bits per heavy atom. The molecule has 0 radical (unpaired) electrons. The van der Waals surface area contributed by atoms with E-state index in [-0.39, 0.29) is 0 Å². The second-order valence-electron chi connectivity index (χ2n) is 3.30. The second-order valence-corrected chi connectivity index (χ2v) is 3.30. The van der Waals surface area contributed by atoms with Gasteiger partial charge in [0.2, 0.25) is 0 Å². The Hall–Kier alpha value is -1.81. The summed E-state index contributed by atoms with van der Waals surface area (Å²) in [4.78, 5) is 0. The van der Waals surface area contributed by atoms with Crippen molar-refractivity contribution in [3.05, 3.63) is 32.5 Å². The first-order valence-electron chi connectivity index (χ1n) is 5.00. The summed E-state index contributed by atoms with van der Waals surface area (Å²) < 4.78 is 0. The first kappa shape index (κ1) is 11.3. The molecule has 15 heavy (non-hydrogen) atoms. The highest BCUT2D eigenvalue weighted by atomic mass is 14.2. The minimum absolute atomic E-state index is 0.696. The third-order valence-electron chi connectivity index (χ3n) is 2.52. The molecule has 0 aliphatic heterocycles. The van der Waals surface area contributed by atoms with Crippen LogP contribution in [0.1, 0.15) is 26.3 Å². The SMILES string of the molecule is C=c1cc(C#N)c(=C/C)/c(=C\C)c1=CC. The molecule has 0 saturated heterocycles. The molecule has 0 spiro atoms. The molecular weight excluding hydrogens is 182 g/mol. The van der Waals surface area contributed by atoms with E-state index in [0.29, 0.717) is 5.56 Å². The number of hydrogen-bond donors (Lipinski definition) is 0. The predicted molar refractivity (Wildman–Crippen MR) is 65.6 cm³/mol. The minimum Gasteiger partial charge on any atom is -0.192 e. The molecule has 1 aromatic carbocycles. The van der Waals surface area contributed by atoms with E-state index in [4.69, 9.17) is 5.26 Å². The van der Waals surface area contributed by atoms with E-state index in [9.17, 15) is 0 Å². The average molecular weight is 197 g/mol. The molecule has 0 aliphatic carbocycles. The van der Waals surface area contributed by atoms with Crippen LogP contribution >= 0.6 is 0 Å². The summed E-state index contributed by atoms with van der Waals surface area (Å²) in [5, 5.41) is 13.2. The number of nitriles is 1. The van der Waals surface area contributed by atoms with Crippen LogP contribution in [0, 0.1) is 11.3 Å². The average Bonchev–Trinajstić information content (AvgIpc) is 2.27. The first-order valence-corrected chi connectivity index (χ1v) is 5.00. The van der Waals surface area contributed by atoms with Crippen LogP contribution in [-0.2, 0) is 0 Å². The quantitative estimate of drug-likeness (QED) is 0.589. The molecule has 1 aromatic rings. The summed E-state index contributed by atoms with van der Waals surface area (Å²) in [6.07, 6.45) is 6.03. The van der Waals surface area contributed by atoms with E-state index in [1.54, 1.807) is 0 Å². The molecule has 0 saturated carbocycles. The highest BCUT2D eigenvalue weighted by molar-refractivity contribution is 5.43. The summed E-state index contributed by atoms with van der Waals surface area (Å²) in [6, 6.07) is 4.05. The van der Waals surface area contributed by atoms with Crippen molar-refractivity contribution in [2.24, 2.45) is 0 Å². The number of nitrogens with zero attached hydrogens (tertiary/aromatic N) is 1. The fraction of sp³-hybridized carbons (Fsp3) is 0.214. The van der Waals surface area contributed by atoms with Crippen LogP contribution in [0.2, 0.25) is 0 Å². The molecule has 1 nitrogen and oxygen atoms in total. The number of rotatable bonds is 0. The summed E-state index contributed by atoms with van der Waals surface area (Å²) in [5.74, 6) is 0. The smallest absolute Gasteiger partial charge is 0.0998 e. The van der Waals surface area contributed by atoms with Gasteiger partial charge in [-0.1, -0.05) is 24.8 Å². The largest absolute Gasteiger partial charge is 0.192 e. The highest BCUT2D eigenvalue weighted by Gasteiger charge is 1.96. The van der Waals surface area contributed by atoms with Gasteiger partial charge in [0, 0.05) is 0 Å². The van der Waals surface area contributed by atoms with Gasteiger partial charge in [-0.2, -0.15) is 5.26 Å². The Kier molecular flexibility index (Phi) is 3.46. The normalized spacial score (nSPS) is 14.4. The van der Waals surface area contributed by atoms with E-state index in [0.717, 1.165) is 20.9 Å². The maximum absolute atomic E-state index is 9.04. The highest BCUT2D eigenvalue weighted by Crippen LogP contribution is 1.77. The van der Waals surface area contributed by atoms with Crippen LogP contribution < -0.4 is 20.9 Å². The van der Waals surface area contributed by atoms with Gasteiger partial charge in [0.1, 0.15) is 0 Å². The Morgan fingerprint density at radius 1 is 1.07 bits per heavy atom. The topological polar surface area (TPSA) is 23.8 Å². The van der Waals surface area contributed by atoms with E-state index in [2.05, 4.69) is 12.6 Å². The zero-order valence-corrected chi connectivity index (χ0v) is 9.46.